The van der Waals surface area contributed by atoms with Crippen molar-refractivity contribution in [2.75, 3.05) is 19.3 Å². The topological polar surface area (TPSA) is 29.5 Å². The zero-order chi connectivity index (χ0) is 13.6. The van der Waals surface area contributed by atoms with Gasteiger partial charge in [0.05, 0.1) is 0 Å². The van der Waals surface area contributed by atoms with E-state index in [4.69, 9.17) is 6.11 Å². The van der Waals surface area contributed by atoms with Gasteiger partial charge in [-0.3, -0.25) is 0 Å². The molecule has 1 amide bonds. The minimum atomic E-state index is -0.453. The molecule has 0 aromatic carbocycles. The Bertz CT molecular complexity index is 390. The molecule has 0 radical (unpaired) electrons. The van der Waals surface area contributed by atoms with Crippen LogP contribution in [0, 0.1) is 11.2 Å². The third-order valence-corrected chi connectivity index (χ3v) is 2.39. The number of hydrogen-bond donors (Lipinski definition) is 0. The Morgan fingerprint density at radius 1 is 1.65 bits per heavy atom. The molecule has 0 fully saturated rings. The lowest BCUT2D eigenvalue weighted by Crippen LogP contribution is -2.39. The smallest absolute Gasteiger partial charge is 0.410 e. The molecule has 0 aromatic rings. The molecule has 0 unspecified atom stereocenters. The summed E-state index contributed by atoms with van der Waals surface area (Å²) in [5.41, 5.74) is 0.585. The number of ether oxygens (including phenoxy) is 1. The first kappa shape index (κ1) is 12.4. The lowest BCUT2D eigenvalue weighted by Gasteiger charge is -2.28. The van der Waals surface area contributed by atoms with Gasteiger partial charge in [-0.15, -0.1) is 0 Å². The molecule has 1 rings (SSSR count). The largest absolute Gasteiger partial charge is 0.444 e. The van der Waals surface area contributed by atoms with Crippen LogP contribution >= 0.6 is 11.8 Å². The molecule has 1 aliphatic heterocycles. The van der Waals surface area contributed by atoms with Crippen molar-refractivity contribution in [3.63, 3.8) is 0 Å². The Labute approximate surface area is 109 Å². The predicted molar refractivity (Wildman–Crippen MR) is 71.8 cm³/mol. The maximum Gasteiger partial charge on any atom is 0.410 e. The van der Waals surface area contributed by atoms with Crippen LogP contribution in [0.15, 0.2) is 11.6 Å². The number of hydrogen-bond acceptors (Lipinski definition) is 3. The number of amides is 1. The van der Waals surface area contributed by atoms with Gasteiger partial charge in [0, 0.05) is 20.0 Å². The summed E-state index contributed by atoms with van der Waals surface area (Å²) in [5.74, 6) is 3.01. The summed E-state index contributed by atoms with van der Waals surface area (Å²) in [5, 5.41) is 2.86. The molecule has 0 atom stereocenters. The van der Waals surface area contributed by atoms with E-state index in [1.807, 2.05) is 26.8 Å². The van der Waals surface area contributed by atoms with Crippen LogP contribution in [-0.4, -0.2) is 35.9 Å². The Morgan fingerprint density at radius 2 is 2.41 bits per heavy atom. The van der Waals surface area contributed by atoms with E-state index < -0.39 is 5.60 Å². The number of nitrogens with zero attached hydrogens (tertiary/aromatic N) is 1. The van der Waals surface area contributed by atoms with Gasteiger partial charge in [-0.25, -0.2) is 4.79 Å². The van der Waals surface area contributed by atoms with Crippen LogP contribution in [0.4, 0.5) is 4.79 Å². The molecule has 4 heteroatoms. The lowest BCUT2D eigenvalue weighted by atomic mass is 10.1. The van der Waals surface area contributed by atoms with Crippen molar-refractivity contribution < 1.29 is 10.9 Å². The van der Waals surface area contributed by atoms with Crippen molar-refractivity contribution in [1.82, 2.24) is 4.90 Å². The van der Waals surface area contributed by atoms with Gasteiger partial charge in [0.1, 0.15) is 5.60 Å². The Morgan fingerprint density at radius 3 is 2.94 bits per heavy atom. The highest BCUT2D eigenvalue weighted by Gasteiger charge is 2.23. The molecule has 0 aromatic heterocycles. The van der Waals surface area contributed by atoms with E-state index in [0.717, 1.165) is 12.0 Å². The summed E-state index contributed by atoms with van der Waals surface area (Å²) in [4.78, 5) is 13.5. The van der Waals surface area contributed by atoms with Crippen LogP contribution in [0.3, 0.4) is 0 Å². The van der Waals surface area contributed by atoms with Gasteiger partial charge in [-0.05, 0) is 38.7 Å². The van der Waals surface area contributed by atoms with Crippen molar-refractivity contribution in [2.24, 2.45) is 0 Å². The van der Waals surface area contributed by atoms with Crippen LogP contribution in [0.1, 0.15) is 28.6 Å². The molecule has 0 aliphatic carbocycles. The monoisotopic (exact) mass is 255 g/mol. The highest BCUT2D eigenvalue weighted by atomic mass is 32.2. The number of carbonyl (C=O) groups excluding carboxylic acids is 1. The van der Waals surface area contributed by atoms with Crippen molar-refractivity contribution in [3.8, 4) is 11.2 Å². The molecule has 0 spiro atoms. The summed E-state index contributed by atoms with van der Waals surface area (Å²) in [6, 6.07) is 0. The molecule has 1 aliphatic rings. The number of thioether (sulfide) groups is 1. The van der Waals surface area contributed by atoms with Crippen LogP contribution < -0.4 is 0 Å². The Kier molecular flexibility index (Phi) is 4.38. The molecule has 0 bridgehead atoms. The van der Waals surface area contributed by atoms with Crippen molar-refractivity contribution >= 4 is 17.9 Å². The summed E-state index contributed by atoms with van der Waals surface area (Å²) in [7, 11) is 0. The average molecular weight is 255 g/mol. The van der Waals surface area contributed by atoms with E-state index in [-0.39, 0.29) is 12.3 Å². The highest BCUT2D eigenvalue weighted by Crippen LogP contribution is 2.15. The third kappa shape index (κ3) is 5.18. The standard InChI is InChI=1S/C13H19NO2S/c1-13(2,3)16-12(15)14-8-5-11(6-9-14)7-10-17-4/h5H,6,8-9H2,1-4H3/i4T. The molecule has 17 heavy (non-hydrogen) atoms. The molecule has 0 saturated heterocycles. The van der Waals surface area contributed by atoms with Gasteiger partial charge in [0.15, 0.2) is 0 Å². The molecule has 1 heterocycles. The van der Waals surface area contributed by atoms with Gasteiger partial charge < -0.3 is 9.64 Å². The molecule has 0 N–H and O–H groups in total. The molecule has 3 nitrogen and oxygen atoms in total. The first-order valence-corrected chi connectivity index (χ1v) is 6.50. The molecular formula is C13H19NO2S. The summed E-state index contributed by atoms with van der Waals surface area (Å²) in [6.07, 6.45) is 2.69. The zero-order valence-electron chi connectivity index (χ0n) is 11.6. The van der Waals surface area contributed by atoms with Crippen LogP contribution in [0.5, 0.6) is 0 Å². The van der Waals surface area contributed by atoms with E-state index in [1.54, 1.807) is 4.90 Å². The summed E-state index contributed by atoms with van der Waals surface area (Å²) >= 11 is 1.28. The fourth-order valence-corrected chi connectivity index (χ4v) is 1.58. The van der Waals surface area contributed by atoms with Gasteiger partial charge in [0.2, 0.25) is 0 Å². The lowest BCUT2D eigenvalue weighted by molar-refractivity contribution is 0.0267. The summed E-state index contributed by atoms with van der Waals surface area (Å²) in [6.45, 7) is 6.77. The number of carbonyl (C=O) groups is 1. The van der Waals surface area contributed by atoms with Gasteiger partial charge >= 0.3 is 6.09 Å². The van der Waals surface area contributed by atoms with Crippen LogP contribution in [0.2, 0.25) is 0 Å². The average Bonchev–Trinajstić information content (AvgIpc) is 2.28. The fraction of sp³-hybridized carbons (Fsp3) is 0.615. The molecule has 0 saturated carbocycles. The predicted octanol–water partition coefficient (Wildman–Crippen LogP) is 2.88. The zero-order valence-corrected chi connectivity index (χ0v) is 11.4. The maximum absolute atomic E-state index is 11.8. The SMILES string of the molecule is [3H]CSC#CC1=CCN(C(=O)OC(C)(C)C)CC1. The molecule has 94 valence electrons. The Balaban J connectivity index is 2.48. The normalized spacial score (nSPS) is 16.5. The minimum Gasteiger partial charge on any atom is -0.444 e. The quantitative estimate of drug-likeness (QED) is 0.623. The minimum absolute atomic E-state index is 0.254. The molecular weight excluding hydrogens is 234 g/mol. The Hall–Kier alpha value is -1.08. The van der Waals surface area contributed by atoms with Crippen molar-refractivity contribution in [1.29, 1.82) is 0 Å². The van der Waals surface area contributed by atoms with E-state index in [2.05, 4.69) is 11.2 Å². The van der Waals surface area contributed by atoms with Crippen molar-refractivity contribution in [3.05, 3.63) is 11.6 Å². The third-order valence-electron chi connectivity index (χ3n) is 2.14. The van der Waals surface area contributed by atoms with E-state index in [9.17, 15) is 4.79 Å². The van der Waals surface area contributed by atoms with Crippen molar-refractivity contribution in [2.45, 2.75) is 32.8 Å². The summed E-state index contributed by atoms with van der Waals surface area (Å²) < 4.78 is 12.3. The van der Waals surface area contributed by atoms with Crippen LogP contribution in [-0.2, 0) is 4.74 Å². The van der Waals surface area contributed by atoms with Gasteiger partial charge in [-0.2, -0.15) is 0 Å². The fourth-order valence-electron chi connectivity index (χ4n) is 1.38. The first-order chi connectivity index (χ1) is 8.42. The van der Waals surface area contributed by atoms with E-state index in [0.29, 0.717) is 13.1 Å². The second-order valence-corrected chi connectivity index (χ2v) is 5.27. The van der Waals surface area contributed by atoms with Gasteiger partial charge in [-0.1, -0.05) is 23.8 Å². The van der Waals surface area contributed by atoms with Crippen LogP contribution in [0.25, 0.3) is 0 Å². The van der Waals surface area contributed by atoms with Gasteiger partial charge in [0.25, 0.3) is 0 Å². The first-order valence-electron chi connectivity index (χ1n) is 6.22. The second-order valence-electron chi connectivity index (χ2n) is 4.78. The maximum atomic E-state index is 11.8. The highest BCUT2D eigenvalue weighted by molar-refractivity contribution is 8.03. The van der Waals surface area contributed by atoms with E-state index >= 15 is 0 Å². The second kappa shape index (κ2) is 6.02. The number of rotatable bonds is 0. The van der Waals surface area contributed by atoms with E-state index in [1.165, 1.54) is 11.8 Å².